The molecular weight excluding hydrogens is 172 g/mol. The summed E-state index contributed by atoms with van der Waals surface area (Å²) >= 11 is 1.58. The Morgan fingerprint density at radius 2 is 2.42 bits per heavy atom. The molecule has 0 aliphatic heterocycles. The second-order valence-electron chi connectivity index (χ2n) is 2.89. The smallest absolute Gasteiger partial charge is 0.0929 e. The van der Waals surface area contributed by atoms with Gasteiger partial charge in [-0.25, -0.2) is 0 Å². The summed E-state index contributed by atoms with van der Waals surface area (Å²) in [5.74, 6) is 0.161. The summed E-state index contributed by atoms with van der Waals surface area (Å²) in [6.45, 7) is 2.58. The fraction of sp³-hybridized carbons (Fsp3) is 0.556. The minimum Gasteiger partial charge on any atom is -0.387 e. The van der Waals surface area contributed by atoms with Crippen molar-refractivity contribution in [2.45, 2.75) is 13.0 Å². The van der Waals surface area contributed by atoms with Gasteiger partial charge in [-0.2, -0.15) is 0 Å². The molecule has 1 aromatic heterocycles. The SMILES string of the molecule is COCC(C)C(O)c1cccs1. The lowest BCUT2D eigenvalue weighted by Gasteiger charge is -2.16. The van der Waals surface area contributed by atoms with Crippen molar-refractivity contribution in [1.82, 2.24) is 0 Å². The maximum absolute atomic E-state index is 9.74. The van der Waals surface area contributed by atoms with Crippen LogP contribution in [0.2, 0.25) is 0 Å². The highest BCUT2D eigenvalue weighted by Crippen LogP contribution is 2.25. The first-order valence-corrected chi connectivity index (χ1v) is 4.84. The summed E-state index contributed by atoms with van der Waals surface area (Å²) in [6.07, 6.45) is -0.384. The molecule has 0 fully saturated rings. The molecule has 12 heavy (non-hydrogen) atoms. The Labute approximate surface area is 76.8 Å². The Hall–Kier alpha value is -0.380. The van der Waals surface area contributed by atoms with Crippen LogP contribution in [0.4, 0.5) is 0 Å². The average molecular weight is 186 g/mol. The number of ether oxygens (including phenoxy) is 1. The summed E-state index contributed by atoms with van der Waals surface area (Å²) < 4.78 is 4.97. The van der Waals surface area contributed by atoms with Crippen LogP contribution in [0.3, 0.4) is 0 Å². The van der Waals surface area contributed by atoms with Crippen LogP contribution in [-0.2, 0) is 4.74 Å². The van der Waals surface area contributed by atoms with Crippen LogP contribution >= 0.6 is 11.3 Å². The summed E-state index contributed by atoms with van der Waals surface area (Å²) in [7, 11) is 1.65. The normalized spacial score (nSPS) is 15.9. The van der Waals surface area contributed by atoms with Gasteiger partial charge < -0.3 is 9.84 Å². The van der Waals surface area contributed by atoms with Crippen LogP contribution in [0.15, 0.2) is 17.5 Å². The van der Waals surface area contributed by atoms with E-state index in [-0.39, 0.29) is 12.0 Å². The topological polar surface area (TPSA) is 29.5 Å². The van der Waals surface area contributed by atoms with Crippen molar-refractivity contribution in [3.8, 4) is 0 Å². The van der Waals surface area contributed by atoms with E-state index in [0.717, 1.165) is 4.88 Å². The zero-order valence-corrected chi connectivity index (χ0v) is 8.17. The lowest BCUT2D eigenvalue weighted by atomic mass is 10.1. The first-order valence-electron chi connectivity index (χ1n) is 3.96. The van der Waals surface area contributed by atoms with Gasteiger partial charge in [0, 0.05) is 17.9 Å². The Morgan fingerprint density at radius 3 is 2.92 bits per heavy atom. The summed E-state index contributed by atoms with van der Waals surface area (Å²) in [6, 6.07) is 3.89. The number of rotatable bonds is 4. The molecule has 2 atom stereocenters. The van der Waals surface area contributed by atoms with Crippen molar-refractivity contribution >= 4 is 11.3 Å². The summed E-state index contributed by atoms with van der Waals surface area (Å²) in [5, 5.41) is 11.7. The van der Waals surface area contributed by atoms with Gasteiger partial charge in [0.1, 0.15) is 0 Å². The molecule has 0 spiro atoms. The molecule has 0 bridgehead atoms. The standard InChI is InChI=1S/C9H14O2S/c1-7(6-11-2)9(10)8-4-3-5-12-8/h3-5,7,9-10H,6H2,1-2H3. The predicted octanol–water partition coefficient (Wildman–Crippen LogP) is 2.06. The minimum absolute atomic E-state index is 0.161. The van der Waals surface area contributed by atoms with E-state index in [1.165, 1.54) is 0 Å². The van der Waals surface area contributed by atoms with Crippen LogP contribution in [-0.4, -0.2) is 18.8 Å². The zero-order chi connectivity index (χ0) is 8.97. The van der Waals surface area contributed by atoms with Crippen LogP contribution in [0.1, 0.15) is 17.9 Å². The minimum atomic E-state index is -0.384. The monoisotopic (exact) mass is 186 g/mol. The third-order valence-electron chi connectivity index (χ3n) is 1.80. The molecule has 1 heterocycles. The first kappa shape index (κ1) is 9.71. The van der Waals surface area contributed by atoms with Gasteiger partial charge in [0.25, 0.3) is 0 Å². The Balaban J connectivity index is 2.53. The van der Waals surface area contributed by atoms with Gasteiger partial charge in [-0.3, -0.25) is 0 Å². The maximum atomic E-state index is 9.74. The Morgan fingerprint density at radius 1 is 1.67 bits per heavy atom. The Kier molecular flexibility index (Phi) is 3.72. The first-order chi connectivity index (χ1) is 5.75. The molecule has 68 valence electrons. The van der Waals surface area contributed by atoms with E-state index in [1.807, 2.05) is 24.4 Å². The highest BCUT2D eigenvalue weighted by atomic mass is 32.1. The molecular formula is C9H14O2S. The van der Waals surface area contributed by atoms with Crippen LogP contribution in [0, 0.1) is 5.92 Å². The molecule has 0 amide bonds. The van der Waals surface area contributed by atoms with Crippen LogP contribution < -0.4 is 0 Å². The average Bonchev–Trinajstić information content (AvgIpc) is 2.55. The van der Waals surface area contributed by atoms with Crippen molar-refractivity contribution in [1.29, 1.82) is 0 Å². The molecule has 0 radical (unpaired) electrons. The molecule has 1 rings (SSSR count). The highest BCUT2D eigenvalue weighted by Gasteiger charge is 2.16. The third-order valence-corrected chi connectivity index (χ3v) is 2.75. The van der Waals surface area contributed by atoms with E-state index in [9.17, 15) is 5.11 Å². The van der Waals surface area contributed by atoms with Gasteiger partial charge in [0.15, 0.2) is 0 Å². The number of aliphatic hydroxyl groups excluding tert-OH is 1. The van der Waals surface area contributed by atoms with E-state index in [2.05, 4.69) is 0 Å². The molecule has 1 N–H and O–H groups in total. The fourth-order valence-corrected chi connectivity index (χ4v) is 1.94. The van der Waals surface area contributed by atoms with Crippen LogP contribution in [0.5, 0.6) is 0 Å². The van der Waals surface area contributed by atoms with E-state index in [1.54, 1.807) is 18.4 Å². The molecule has 0 saturated carbocycles. The van der Waals surface area contributed by atoms with Gasteiger partial charge >= 0.3 is 0 Å². The molecule has 1 aromatic rings. The zero-order valence-electron chi connectivity index (χ0n) is 7.36. The molecule has 3 heteroatoms. The van der Waals surface area contributed by atoms with Gasteiger partial charge in [-0.1, -0.05) is 13.0 Å². The van der Waals surface area contributed by atoms with Crippen molar-refractivity contribution in [2.24, 2.45) is 5.92 Å². The highest BCUT2D eigenvalue weighted by molar-refractivity contribution is 7.10. The summed E-state index contributed by atoms with van der Waals surface area (Å²) in [4.78, 5) is 1.01. The van der Waals surface area contributed by atoms with Crippen LogP contribution in [0.25, 0.3) is 0 Å². The van der Waals surface area contributed by atoms with E-state index >= 15 is 0 Å². The van der Waals surface area contributed by atoms with Crippen molar-refractivity contribution in [3.05, 3.63) is 22.4 Å². The lowest BCUT2D eigenvalue weighted by molar-refractivity contribution is 0.0588. The number of hydrogen-bond acceptors (Lipinski definition) is 3. The lowest BCUT2D eigenvalue weighted by Crippen LogP contribution is -2.13. The number of aliphatic hydroxyl groups is 1. The van der Waals surface area contributed by atoms with Crippen molar-refractivity contribution in [2.75, 3.05) is 13.7 Å². The van der Waals surface area contributed by atoms with Gasteiger partial charge in [-0.05, 0) is 11.4 Å². The van der Waals surface area contributed by atoms with Gasteiger partial charge in [0.05, 0.1) is 12.7 Å². The second kappa shape index (κ2) is 4.60. The number of thiophene rings is 1. The van der Waals surface area contributed by atoms with Gasteiger partial charge in [-0.15, -0.1) is 11.3 Å². The molecule has 0 aromatic carbocycles. The molecule has 0 saturated heterocycles. The maximum Gasteiger partial charge on any atom is 0.0929 e. The van der Waals surface area contributed by atoms with E-state index < -0.39 is 0 Å². The number of methoxy groups -OCH3 is 1. The van der Waals surface area contributed by atoms with Crippen molar-refractivity contribution < 1.29 is 9.84 Å². The second-order valence-corrected chi connectivity index (χ2v) is 3.87. The number of hydrogen-bond donors (Lipinski definition) is 1. The molecule has 2 nitrogen and oxygen atoms in total. The molecule has 0 aliphatic carbocycles. The molecule has 0 aliphatic rings. The van der Waals surface area contributed by atoms with Crippen molar-refractivity contribution in [3.63, 3.8) is 0 Å². The quantitative estimate of drug-likeness (QED) is 0.780. The van der Waals surface area contributed by atoms with E-state index in [4.69, 9.17) is 4.74 Å². The third kappa shape index (κ3) is 2.30. The molecule has 2 unspecified atom stereocenters. The predicted molar refractivity (Wildman–Crippen MR) is 50.3 cm³/mol. The Bertz CT molecular complexity index is 208. The van der Waals surface area contributed by atoms with Gasteiger partial charge in [0.2, 0.25) is 0 Å². The summed E-state index contributed by atoms with van der Waals surface area (Å²) in [5.41, 5.74) is 0. The fourth-order valence-electron chi connectivity index (χ4n) is 1.09. The largest absolute Gasteiger partial charge is 0.387 e. The van der Waals surface area contributed by atoms with E-state index in [0.29, 0.717) is 6.61 Å².